The molecule has 1 aromatic heterocycles. The third-order valence-electron chi connectivity index (χ3n) is 4.06. The Kier molecular flexibility index (Phi) is 9.94. The van der Waals surface area contributed by atoms with Crippen LogP contribution >= 0.6 is 11.6 Å². The van der Waals surface area contributed by atoms with E-state index in [1.165, 1.54) is 18.2 Å². The number of carbonyl (C=O) groups is 1. The molecule has 0 radical (unpaired) electrons. The van der Waals surface area contributed by atoms with Crippen LogP contribution in [0.2, 0.25) is 5.02 Å². The maximum absolute atomic E-state index is 12.8. The maximum atomic E-state index is 12.8. The van der Waals surface area contributed by atoms with Crippen LogP contribution in [0.4, 0.5) is 18.0 Å². The van der Waals surface area contributed by atoms with E-state index in [1.54, 1.807) is 18.6 Å². The number of nitrogens with one attached hydrogen (secondary N) is 2. The molecule has 194 valence electrons. The van der Waals surface area contributed by atoms with Crippen molar-refractivity contribution < 1.29 is 45.7 Å². The minimum atomic E-state index is -4.64. The molecule has 0 spiro atoms. The smallest absolute Gasteiger partial charge is 0.421 e. The van der Waals surface area contributed by atoms with E-state index in [-0.39, 0.29) is 49.7 Å². The van der Waals surface area contributed by atoms with Gasteiger partial charge in [0.15, 0.2) is 0 Å². The Hall–Kier alpha value is -2.81. The fraction of sp³-hybridized carbons (Fsp3) is 0.400. The van der Waals surface area contributed by atoms with Gasteiger partial charge in [-0.15, -0.1) is 0 Å². The number of aromatic hydroxyl groups is 1. The summed E-state index contributed by atoms with van der Waals surface area (Å²) in [6.45, 7) is 3.31. The molecule has 0 fully saturated rings. The number of carbonyl (C=O) groups excluding carboxylic acids is 1. The monoisotopic (exact) mass is 541 g/mol. The second-order valence-corrected chi connectivity index (χ2v) is 9.11. The zero-order chi connectivity index (χ0) is 26.2. The highest BCUT2D eigenvalue weighted by Gasteiger charge is 2.32. The second-order valence-electron chi connectivity index (χ2n) is 7.21. The van der Waals surface area contributed by atoms with Gasteiger partial charge in [0.1, 0.15) is 16.5 Å². The van der Waals surface area contributed by atoms with Gasteiger partial charge >= 0.3 is 22.5 Å². The highest BCUT2D eigenvalue weighted by molar-refractivity contribution is 7.88. The molecule has 35 heavy (non-hydrogen) atoms. The fourth-order valence-electron chi connectivity index (χ4n) is 2.50. The van der Waals surface area contributed by atoms with Crippen molar-refractivity contribution in [3.8, 4) is 17.4 Å². The molecule has 0 saturated carbocycles. The van der Waals surface area contributed by atoms with Crippen molar-refractivity contribution >= 4 is 27.9 Å². The molecule has 0 aliphatic heterocycles. The van der Waals surface area contributed by atoms with Crippen molar-refractivity contribution in [3.63, 3.8) is 0 Å². The molecular formula is C20H23ClF3N3O7S. The largest absolute Gasteiger partial charge is 0.508 e. The lowest BCUT2D eigenvalue weighted by Crippen LogP contribution is -2.42. The number of pyridine rings is 1. The number of nitrogens with zero attached hydrogens (tertiary/aromatic N) is 1. The van der Waals surface area contributed by atoms with Crippen molar-refractivity contribution in [1.29, 1.82) is 0 Å². The molecule has 0 unspecified atom stereocenters. The van der Waals surface area contributed by atoms with Crippen molar-refractivity contribution in [3.05, 3.63) is 46.6 Å². The number of amides is 1. The number of halogens is 4. The third kappa shape index (κ3) is 9.76. The number of hydrogen-bond acceptors (Lipinski definition) is 8. The zero-order valence-electron chi connectivity index (χ0n) is 18.6. The van der Waals surface area contributed by atoms with Gasteiger partial charge in [0.05, 0.1) is 24.9 Å². The minimum Gasteiger partial charge on any atom is -0.508 e. The van der Waals surface area contributed by atoms with Gasteiger partial charge in [-0.3, -0.25) is 0 Å². The van der Waals surface area contributed by atoms with E-state index in [9.17, 15) is 31.5 Å². The van der Waals surface area contributed by atoms with E-state index < -0.39 is 33.1 Å². The highest BCUT2D eigenvalue weighted by atomic mass is 35.5. The fourth-order valence-corrected chi connectivity index (χ4v) is 3.41. The summed E-state index contributed by atoms with van der Waals surface area (Å²) in [5, 5.41) is 9.32. The van der Waals surface area contributed by atoms with E-state index in [0.29, 0.717) is 17.8 Å². The van der Waals surface area contributed by atoms with E-state index in [4.69, 9.17) is 25.8 Å². The highest BCUT2D eigenvalue weighted by Crippen LogP contribution is 2.36. The number of ether oxygens (including phenoxy) is 3. The molecule has 0 saturated heterocycles. The number of hydrogen-bond donors (Lipinski definition) is 3. The molecule has 2 rings (SSSR count). The van der Waals surface area contributed by atoms with Crippen LogP contribution < -0.4 is 14.2 Å². The molecule has 1 amide bonds. The average molecular weight is 542 g/mol. The van der Waals surface area contributed by atoms with Crippen molar-refractivity contribution in [1.82, 2.24) is 14.4 Å². The van der Waals surface area contributed by atoms with Crippen LogP contribution in [-0.4, -0.2) is 50.5 Å². The van der Waals surface area contributed by atoms with E-state index in [0.717, 1.165) is 0 Å². The van der Waals surface area contributed by atoms with E-state index in [1.807, 2.05) is 0 Å². The first-order valence-corrected chi connectivity index (χ1v) is 11.9. The summed E-state index contributed by atoms with van der Waals surface area (Å²) < 4.78 is 81.3. The van der Waals surface area contributed by atoms with Crippen LogP contribution in [0.5, 0.6) is 17.4 Å². The predicted molar refractivity (Wildman–Crippen MR) is 119 cm³/mol. The Morgan fingerprint density at radius 3 is 2.57 bits per heavy atom. The van der Waals surface area contributed by atoms with Crippen LogP contribution in [0.25, 0.3) is 0 Å². The normalized spacial score (nSPS) is 12.0. The summed E-state index contributed by atoms with van der Waals surface area (Å²) in [5.41, 5.74) is -0.706. The molecular weight excluding hydrogens is 519 g/mol. The summed E-state index contributed by atoms with van der Waals surface area (Å²) in [4.78, 5) is 15.4. The lowest BCUT2D eigenvalue weighted by molar-refractivity contribution is -0.137. The third-order valence-corrected chi connectivity index (χ3v) is 5.35. The second kappa shape index (κ2) is 12.2. The SMILES string of the molecule is CC(C)OCCNS(=O)(=O)NC(=O)OCCc1ccc(O)cc1Oc1ncc(C(F)(F)F)cc1Cl. The van der Waals surface area contributed by atoms with Gasteiger partial charge in [0.25, 0.3) is 0 Å². The summed E-state index contributed by atoms with van der Waals surface area (Å²) in [6.07, 6.45) is -5.43. The van der Waals surface area contributed by atoms with E-state index >= 15 is 0 Å². The predicted octanol–water partition coefficient (Wildman–Crippen LogP) is 3.78. The molecule has 0 bridgehead atoms. The van der Waals surface area contributed by atoms with Gasteiger partial charge in [-0.1, -0.05) is 17.7 Å². The Morgan fingerprint density at radius 2 is 1.94 bits per heavy atom. The number of phenolic OH excluding ortho intramolecular Hbond substituents is 1. The topological polar surface area (TPSA) is 136 Å². The molecule has 10 nitrogen and oxygen atoms in total. The maximum Gasteiger partial charge on any atom is 0.421 e. The molecule has 1 aromatic carbocycles. The van der Waals surface area contributed by atoms with Crippen molar-refractivity contribution in [2.75, 3.05) is 19.8 Å². The van der Waals surface area contributed by atoms with E-state index in [2.05, 4.69) is 9.71 Å². The van der Waals surface area contributed by atoms with Gasteiger partial charge < -0.3 is 19.3 Å². The summed E-state index contributed by atoms with van der Waals surface area (Å²) in [7, 11) is -4.16. The number of rotatable bonds is 11. The minimum absolute atomic E-state index is 0.00298. The molecule has 15 heteroatoms. The molecule has 0 aliphatic rings. The number of alkyl halides is 3. The summed E-state index contributed by atoms with van der Waals surface area (Å²) >= 11 is 5.85. The van der Waals surface area contributed by atoms with Crippen LogP contribution in [0.3, 0.4) is 0 Å². The average Bonchev–Trinajstić information content (AvgIpc) is 2.73. The van der Waals surface area contributed by atoms with Gasteiger partial charge in [0, 0.05) is 25.2 Å². The Labute approximate surface area is 204 Å². The number of phenols is 1. The van der Waals surface area contributed by atoms with Crippen LogP contribution in [-0.2, 0) is 32.3 Å². The van der Waals surface area contributed by atoms with Crippen LogP contribution in [0, 0.1) is 0 Å². The lowest BCUT2D eigenvalue weighted by atomic mass is 10.1. The van der Waals surface area contributed by atoms with Gasteiger partial charge in [-0.25, -0.2) is 14.5 Å². The first-order chi connectivity index (χ1) is 16.3. The molecule has 0 aliphatic carbocycles. The Morgan fingerprint density at radius 1 is 1.23 bits per heavy atom. The molecule has 1 heterocycles. The molecule has 0 atom stereocenters. The molecule has 2 aromatic rings. The molecule has 3 N–H and O–H groups in total. The Balaban J connectivity index is 1.96. The zero-order valence-corrected chi connectivity index (χ0v) is 20.1. The summed E-state index contributed by atoms with van der Waals surface area (Å²) in [5.74, 6) is -0.574. The van der Waals surface area contributed by atoms with Crippen molar-refractivity contribution in [2.45, 2.75) is 32.5 Å². The quantitative estimate of drug-likeness (QED) is 0.366. The van der Waals surface area contributed by atoms with Crippen LogP contribution in [0.15, 0.2) is 30.5 Å². The number of aromatic nitrogens is 1. The lowest BCUT2D eigenvalue weighted by Gasteiger charge is -2.14. The standard InChI is InChI=1S/C20H23ClF3N3O7S/c1-12(2)32-8-6-26-35(30,31)27-19(29)33-7-5-13-3-4-15(28)10-17(13)34-18-16(21)9-14(11-25-18)20(22,23)24/h3-4,9-12,26,28H,5-8H2,1-2H3,(H,27,29). The Bertz CT molecular complexity index is 1130. The summed E-state index contributed by atoms with van der Waals surface area (Å²) in [6, 6.07) is 4.52. The first-order valence-electron chi connectivity index (χ1n) is 10.0. The van der Waals surface area contributed by atoms with Gasteiger partial charge in [-0.05, 0) is 31.5 Å². The van der Waals surface area contributed by atoms with Gasteiger partial charge in [0.2, 0.25) is 5.88 Å². The number of benzene rings is 1. The van der Waals surface area contributed by atoms with Crippen molar-refractivity contribution in [2.24, 2.45) is 0 Å². The van der Waals surface area contributed by atoms with Gasteiger partial charge in [-0.2, -0.15) is 26.3 Å². The first kappa shape index (κ1) is 28.4. The van der Waals surface area contributed by atoms with Crippen LogP contribution in [0.1, 0.15) is 25.0 Å².